The van der Waals surface area contributed by atoms with Gasteiger partial charge in [-0.3, -0.25) is 4.79 Å². The van der Waals surface area contributed by atoms with Crippen molar-refractivity contribution in [2.75, 3.05) is 16.4 Å². The fourth-order valence-electron chi connectivity index (χ4n) is 2.23. The van der Waals surface area contributed by atoms with Crippen molar-refractivity contribution in [3.05, 3.63) is 58.6 Å². The van der Waals surface area contributed by atoms with E-state index >= 15 is 0 Å². The lowest BCUT2D eigenvalue weighted by Crippen LogP contribution is -2.14. The van der Waals surface area contributed by atoms with Crippen LogP contribution in [0.4, 0.5) is 16.5 Å². The van der Waals surface area contributed by atoms with Crippen molar-refractivity contribution in [2.45, 2.75) is 18.2 Å². The number of nitrogens with zero attached hydrogens (tertiary/aromatic N) is 2. The Hall–Kier alpha value is -2.09. The number of aromatic nitrogens is 2. The van der Waals surface area contributed by atoms with E-state index in [0.29, 0.717) is 10.2 Å². The SMILES string of the molecule is Cc1cc(Cl)ccc1NC(=O)CSc1nnc(Nc2ccccc2C)s1. The zero-order valence-corrected chi connectivity index (χ0v) is 16.6. The molecule has 8 heteroatoms. The molecule has 1 heterocycles. The summed E-state index contributed by atoms with van der Waals surface area (Å²) in [6.07, 6.45) is 0. The summed E-state index contributed by atoms with van der Waals surface area (Å²) in [5.74, 6) is 0.171. The molecule has 0 saturated heterocycles. The highest BCUT2D eigenvalue weighted by molar-refractivity contribution is 8.01. The number of anilines is 3. The van der Waals surface area contributed by atoms with Gasteiger partial charge in [0.2, 0.25) is 11.0 Å². The Morgan fingerprint density at radius 3 is 2.69 bits per heavy atom. The van der Waals surface area contributed by atoms with E-state index in [2.05, 4.69) is 20.8 Å². The van der Waals surface area contributed by atoms with Gasteiger partial charge in [0, 0.05) is 16.4 Å². The molecule has 134 valence electrons. The van der Waals surface area contributed by atoms with Crippen LogP contribution in [-0.4, -0.2) is 21.9 Å². The number of carbonyl (C=O) groups is 1. The first-order valence-electron chi connectivity index (χ1n) is 7.86. The third-order valence-corrected chi connectivity index (χ3v) is 5.79. The second-order valence-corrected chi connectivity index (χ2v) is 8.25. The quantitative estimate of drug-likeness (QED) is 0.547. The summed E-state index contributed by atoms with van der Waals surface area (Å²) in [6.45, 7) is 3.94. The fraction of sp³-hybridized carbons (Fsp3) is 0.167. The standard InChI is InChI=1S/C18H17ClN4OS2/c1-11-5-3-4-6-14(11)21-17-22-23-18(26-17)25-10-16(24)20-15-8-7-13(19)9-12(15)2/h3-9H,10H2,1-2H3,(H,20,24)(H,21,22). The number of aryl methyl sites for hydroxylation is 2. The molecule has 0 aliphatic rings. The summed E-state index contributed by atoms with van der Waals surface area (Å²) < 4.78 is 0.740. The predicted octanol–water partition coefficient (Wildman–Crippen LogP) is 5.28. The van der Waals surface area contributed by atoms with Crippen LogP contribution in [0.25, 0.3) is 0 Å². The molecule has 0 atom stereocenters. The number of hydrogen-bond acceptors (Lipinski definition) is 6. The first kappa shape index (κ1) is 18.7. The molecule has 5 nitrogen and oxygen atoms in total. The van der Waals surface area contributed by atoms with Crippen LogP contribution in [0.1, 0.15) is 11.1 Å². The number of amides is 1. The summed E-state index contributed by atoms with van der Waals surface area (Å²) in [7, 11) is 0. The molecular weight excluding hydrogens is 388 g/mol. The summed E-state index contributed by atoms with van der Waals surface area (Å²) in [5.41, 5.74) is 3.82. The highest BCUT2D eigenvalue weighted by Crippen LogP contribution is 2.29. The van der Waals surface area contributed by atoms with Gasteiger partial charge in [-0.25, -0.2) is 0 Å². The molecule has 0 unspecified atom stereocenters. The Morgan fingerprint density at radius 2 is 1.92 bits per heavy atom. The number of hydrogen-bond donors (Lipinski definition) is 2. The lowest BCUT2D eigenvalue weighted by molar-refractivity contribution is -0.113. The zero-order valence-electron chi connectivity index (χ0n) is 14.2. The van der Waals surface area contributed by atoms with Crippen LogP contribution in [0.2, 0.25) is 5.02 Å². The van der Waals surface area contributed by atoms with Crippen LogP contribution in [0.3, 0.4) is 0 Å². The second kappa shape index (κ2) is 8.53. The molecule has 0 aliphatic carbocycles. The first-order valence-corrected chi connectivity index (χ1v) is 10.0. The second-order valence-electron chi connectivity index (χ2n) is 5.61. The van der Waals surface area contributed by atoms with E-state index in [9.17, 15) is 4.79 Å². The highest BCUT2D eigenvalue weighted by atomic mass is 35.5. The molecule has 0 spiro atoms. The van der Waals surface area contributed by atoms with E-state index in [1.807, 2.05) is 44.2 Å². The average Bonchev–Trinajstić information content (AvgIpc) is 3.05. The van der Waals surface area contributed by atoms with Crippen molar-refractivity contribution < 1.29 is 4.79 Å². The maximum atomic E-state index is 12.1. The van der Waals surface area contributed by atoms with E-state index < -0.39 is 0 Å². The third kappa shape index (κ3) is 4.97. The van der Waals surface area contributed by atoms with Crippen molar-refractivity contribution in [3.8, 4) is 0 Å². The van der Waals surface area contributed by atoms with Gasteiger partial charge >= 0.3 is 0 Å². The van der Waals surface area contributed by atoms with Crippen LogP contribution in [0.15, 0.2) is 46.8 Å². The Labute approximate surface area is 165 Å². The molecule has 26 heavy (non-hydrogen) atoms. The van der Waals surface area contributed by atoms with E-state index in [4.69, 9.17) is 11.6 Å². The number of rotatable bonds is 6. The van der Waals surface area contributed by atoms with Gasteiger partial charge < -0.3 is 10.6 Å². The lowest BCUT2D eigenvalue weighted by atomic mass is 10.2. The van der Waals surface area contributed by atoms with Crippen molar-refractivity contribution >= 4 is 57.1 Å². The Balaban J connectivity index is 1.54. The zero-order chi connectivity index (χ0) is 18.5. The minimum atomic E-state index is -0.0935. The van der Waals surface area contributed by atoms with Gasteiger partial charge in [0.15, 0.2) is 4.34 Å². The first-order chi connectivity index (χ1) is 12.5. The molecule has 1 amide bonds. The van der Waals surface area contributed by atoms with E-state index in [1.54, 1.807) is 12.1 Å². The van der Waals surface area contributed by atoms with Gasteiger partial charge in [0.05, 0.1) is 5.75 Å². The van der Waals surface area contributed by atoms with Gasteiger partial charge in [-0.2, -0.15) is 0 Å². The van der Waals surface area contributed by atoms with Crippen LogP contribution >= 0.6 is 34.7 Å². The normalized spacial score (nSPS) is 10.6. The smallest absolute Gasteiger partial charge is 0.234 e. The Bertz CT molecular complexity index is 929. The average molecular weight is 405 g/mol. The molecule has 0 radical (unpaired) electrons. The summed E-state index contributed by atoms with van der Waals surface area (Å²) in [5, 5.41) is 15.7. The van der Waals surface area contributed by atoms with Gasteiger partial charge in [0.25, 0.3) is 0 Å². The van der Waals surface area contributed by atoms with Crippen molar-refractivity contribution in [3.63, 3.8) is 0 Å². The molecule has 3 aromatic rings. The Kier molecular flexibility index (Phi) is 6.13. The highest BCUT2D eigenvalue weighted by Gasteiger charge is 2.10. The summed E-state index contributed by atoms with van der Waals surface area (Å²) in [4.78, 5) is 12.1. The van der Waals surface area contributed by atoms with Crippen LogP contribution in [-0.2, 0) is 4.79 Å². The maximum absolute atomic E-state index is 12.1. The molecule has 2 aromatic carbocycles. The summed E-state index contributed by atoms with van der Waals surface area (Å²) in [6, 6.07) is 13.4. The molecular formula is C18H17ClN4OS2. The maximum Gasteiger partial charge on any atom is 0.234 e. The van der Waals surface area contributed by atoms with Gasteiger partial charge in [-0.15, -0.1) is 10.2 Å². The fourth-order valence-corrected chi connectivity index (χ4v) is 4.02. The molecule has 0 bridgehead atoms. The molecule has 0 fully saturated rings. The van der Waals surface area contributed by atoms with Gasteiger partial charge in [-0.1, -0.05) is 52.9 Å². The monoisotopic (exact) mass is 404 g/mol. The van der Waals surface area contributed by atoms with E-state index in [0.717, 1.165) is 26.8 Å². The van der Waals surface area contributed by atoms with Gasteiger partial charge in [0.1, 0.15) is 0 Å². The molecule has 0 aliphatic heterocycles. The number of benzene rings is 2. The number of halogens is 1. The number of nitrogens with one attached hydrogen (secondary N) is 2. The van der Waals surface area contributed by atoms with Gasteiger partial charge in [-0.05, 0) is 49.2 Å². The minimum absolute atomic E-state index is 0.0935. The summed E-state index contributed by atoms with van der Waals surface area (Å²) >= 11 is 8.71. The minimum Gasteiger partial charge on any atom is -0.330 e. The number of thioether (sulfide) groups is 1. The van der Waals surface area contributed by atoms with Crippen molar-refractivity contribution in [1.82, 2.24) is 10.2 Å². The number of para-hydroxylation sites is 1. The molecule has 2 N–H and O–H groups in total. The van der Waals surface area contributed by atoms with Crippen LogP contribution < -0.4 is 10.6 Å². The van der Waals surface area contributed by atoms with Crippen LogP contribution in [0, 0.1) is 13.8 Å². The molecule has 0 saturated carbocycles. The van der Waals surface area contributed by atoms with E-state index in [-0.39, 0.29) is 11.7 Å². The largest absolute Gasteiger partial charge is 0.330 e. The number of carbonyl (C=O) groups excluding carboxylic acids is 1. The predicted molar refractivity (Wildman–Crippen MR) is 110 cm³/mol. The molecule has 3 rings (SSSR count). The van der Waals surface area contributed by atoms with E-state index in [1.165, 1.54) is 23.1 Å². The topological polar surface area (TPSA) is 66.9 Å². The third-order valence-electron chi connectivity index (χ3n) is 3.58. The van der Waals surface area contributed by atoms with Crippen LogP contribution in [0.5, 0.6) is 0 Å². The van der Waals surface area contributed by atoms with Crippen molar-refractivity contribution in [1.29, 1.82) is 0 Å². The van der Waals surface area contributed by atoms with Crippen molar-refractivity contribution in [2.24, 2.45) is 0 Å². The Morgan fingerprint density at radius 1 is 1.12 bits per heavy atom. The molecule has 1 aromatic heterocycles. The lowest BCUT2D eigenvalue weighted by Gasteiger charge is -2.07.